The second-order valence-electron chi connectivity index (χ2n) is 3.69. The molecule has 1 unspecified atom stereocenters. The highest BCUT2D eigenvalue weighted by molar-refractivity contribution is 6.04. The topological polar surface area (TPSA) is 90.2 Å². The maximum Gasteiger partial charge on any atom is 0.315 e. The van der Waals surface area contributed by atoms with Gasteiger partial charge in [-0.2, -0.15) is 5.26 Å². The van der Waals surface area contributed by atoms with Crippen molar-refractivity contribution in [3.05, 3.63) is 29.3 Å². The lowest BCUT2D eigenvalue weighted by atomic mass is 10.1. The number of nitrogens with one attached hydrogen (secondary N) is 1. The average Bonchev–Trinajstić information content (AvgIpc) is 2.30. The molecule has 0 saturated heterocycles. The summed E-state index contributed by atoms with van der Waals surface area (Å²) in [5.41, 5.74) is 1.64. The highest BCUT2D eigenvalue weighted by atomic mass is 16.4. The number of aliphatic carboxylic acids is 1. The van der Waals surface area contributed by atoms with Crippen LogP contribution in [0.15, 0.2) is 18.2 Å². The van der Waals surface area contributed by atoms with Crippen LogP contribution < -0.4 is 5.32 Å². The normalized spacial score (nSPS) is 11.4. The second-order valence-corrected chi connectivity index (χ2v) is 3.69. The molecule has 5 heteroatoms. The monoisotopic (exact) mass is 232 g/mol. The second kappa shape index (κ2) is 5.12. The van der Waals surface area contributed by atoms with Crippen molar-refractivity contribution in [2.45, 2.75) is 13.8 Å². The third kappa shape index (κ3) is 3.05. The molecule has 0 spiro atoms. The third-order valence-electron chi connectivity index (χ3n) is 2.39. The molecule has 0 bridgehead atoms. The van der Waals surface area contributed by atoms with E-state index in [-0.39, 0.29) is 0 Å². The van der Waals surface area contributed by atoms with E-state index in [1.807, 2.05) is 6.07 Å². The number of rotatable bonds is 3. The minimum Gasteiger partial charge on any atom is -0.481 e. The van der Waals surface area contributed by atoms with E-state index in [1.54, 1.807) is 19.1 Å². The molecule has 17 heavy (non-hydrogen) atoms. The number of carboxylic acid groups (broad SMARTS) is 1. The van der Waals surface area contributed by atoms with Crippen molar-refractivity contribution in [2.75, 3.05) is 5.32 Å². The summed E-state index contributed by atoms with van der Waals surface area (Å²) in [6, 6.07) is 6.79. The van der Waals surface area contributed by atoms with Crippen LogP contribution in [0.3, 0.4) is 0 Å². The van der Waals surface area contributed by atoms with Gasteiger partial charge in [0, 0.05) is 5.69 Å². The molecule has 0 aromatic heterocycles. The van der Waals surface area contributed by atoms with E-state index in [4.69, 9.17) is 10.4 Å². The summed E-state index contributed by atoms with van der Waals surface area (Å²) in [6.07, 6.45) is 0. The standard InChI is InChI=1S/C12H12N2O3/c1-7-3-4-9(6-13)5-10(7)14-11(15)8(2)12(16)17/h3-5,8H,1-2H3,(H,14,15)(H,16,17). The molecule has 0 radical (unpaired) electrons. The van der Waals surface area contributed by atoms with E-state index in [0.717, 1.165) is 5.56 Å². The molecule has 2 N–H and O–H groups in total. The largest absolute Gasteiger partial charge is 0.481 e. The van der Waals surface area contributed by atoms with Crippen LogP contribution in [0.4, 0.5) is 5.69 Å². The summed E-state index contributed by atoms with van der Waals surface area (Å²) in [7, 11) is 0. The Labute approximate surface area is 98.7 Å². The van der Waals surface area contributed by atoms with Gasteiger partial charge in [0.15, 0.2) is 0 Å². The summed E-state index contributed by atoms with van der Waals surface area (Å²) in [5.74, 6) is -2.91. The summed E-state index contributed by atoms with van der Waals surface area (Å²) < 4.78 is 0. The smallest absolute Gasteiger partial charge is 0.315 e. The van der Waals surface area contributed by atoms with Crippen LogP contribution in [0.1, 0.15) is 18.1 Å². The van der Waals surface area contributed by atoms with Crippen molar-refractivity contribution < 1.29 is 14.7 Å². The number of anilines is 1. The van der Waals surface area contributed by atoms with Crippen LogP contribution in [-0.4, -0.2) is 17.0 Å². The van der Waals surface area contributed by atoms with Gasteiger partial charge in [0.25, 0.3) is 0 Å². The highest BCUT2D eigenvalue weighted by Crippen LogP contribution is 2.17. The molecule has 88 valence electrons. The number of benzene rings is 1. The maximum absolute atomic E-state index is 11.5. The zero-order valence-corrected chi connectivity index (χ0v) is 9.52. The molecule has 5 nitrogen and oxygen atoms in total. The molecule has 1 rings (SSSR count). The first-order chi connectivity index (χ1) is 7.95. The van der Waals surface area contributed by atoms with Crippen LogP contribution in [0.25, 0.3) is 0 Å². The van der Waals surface area contributed by atoms with Gasteiger partial charge in [-0.3, -0.25) is 9.59 Å². The average molecular weight is 232 g/mol. The van der Waals surface area contributed by atoms with Gasteiger partial charge >= 0.3 is 5.97 Å². The quantitative estimate of drug-likeness (QED) is 0.773. The van der Waals surface area contributed by atoms with Crippen molar-refractivity contribution in [1.82, 2.24) is 0 Å². The molecule has 1 aromatic carbocycles. The lowest BCUT2D eigenvalue weighted by Gasteiger charge is -2.10. The molecule has 0 heterocycles. The van der Waals surface area contributed by atoms with Gasteiger partial charge in [-0.05, 0) is 31.5 Å². The van der Waals surface area contributed by atoms with Crippen LogP contribution in [0.2, 0.25) is 0 Å². The molecule has 0 fully saturated rings. The van der Waals surface area contributed by atoms with E-state index in [0.29, 0.717) is 11.3 Å². The fourth-order valence-corrected chi connectivity index (χ4v) is 1.18. The number of amides is 1. The minimum atomic E-state index is -1.18. The fourth-order valence-electron chi connectivity index (χ4n) is 1.18. The number of carbonyl (C=O) groups excluding carboxylic acids is 1. The van der Waals surface area contributed by atoms with Crippen molar-refractivity contribution >= 4 is 17.6 Å². The minimum absolute atomic E-state index is 0.411. The Morgan fingerprint density at radius 3 is 2.65 bits per heavy atom. The number of nitrogens with zero attached hydrogens (tertiary/aromatic N) is 1. The lowest BCUT2D eigenvalue weighted by Crippen LogP contribution is -2.27. The first-order valence-corrected chi connectivity index (χ1v) is 5.00. The van der Waals surface area contributed by atoms with Crippen molar-refractivity contribution in [3.8, 4) is 6.07 Å². The van der Waals surface area contributed by atoms with Gasteiger partial charge in [-0.25, -0.2) is 0 Å². The predicted octanol–water partition coefficient (Wildman–Crippen LogP) is 1.53. The van der Waals surface area contributed by atoms with E-state index in [2.05, 4.69) is 5.32 Å². The highest BCUT2D eigenvalue weighted by Gasteiger charge is 2.20. The van der Waals surface area contributed by atoms with Gasteiger partial charge in [-0.15, -0.1) is 0 Å². The van der Waals surface area contributed by atoms with Crippen LogP contribution in [0.5, 0.6) is 0 Å². The van der Waals surface area contributed by atoms with Gasteiger partial charge < -0.3 is 10.4 Å². The Balaban J connectivity index is 2.92. The Hall–Kier alpha value is -2.35. The molecule has 0 saturated carbocycles. The number of nitriles is 1. The van der Waals surface area contributed by atoms with E-state index >= 15 is 0 Å². The Morgan fingerprint density at radius 1 is 1.47 bits per heavy atom. The molecular weight excluding hydrogens is 220 g/mol. The van der Waals surface area contributed by atoms with E-state index in [9.17, 15) is 9.59 Å². The predicted molar refractivity (Wildman–Crippen MR) is 61.3 cm³/mol. The lowest BCUT2D eigenvalue weighted by molar-refractivity contribution is -0.144. The number of aryl methyl sites for hydroxylation is 1. The van der Waals surface area contributed by atoms with Gasteiger partial charge in [-0.1, -0.05) is 6.07 Å². The molecular formula is C12H12N2O3. The summed E-state index contributed by atoms with van der Waals surface area (Å²) in [4.78, 5) is 22.2. The molecule has 0 aliphatic heterocycles. The molecule has 0 aliphatic rings. The van der Waals surface area contributed by atoms with Crippen LogP contribution in [-0.2, 0) is 9.59 Å². The number of carbonyl (C=O) groups is 2. The maximum atomic E-state index is 11.5. The Kier molecular flexibility index (Phi) is 3.83. The molecule has 0 aliphatic carbocycles. The van der Waals surface area contributed by atoms with E-state index in [1.165, 1.54) is 13.0 Å². The first-order valence-electron chi connectivity index (χ1n) is 5.00. The first kappa shape index (κ1) is 12.7. The van der Waals surface area contributed by atoms with Crippen molar-refractivity contribution in [1.29, 1.82) is 5.26 Å². The molecule has 1 atom stereocenters. The summed E-state index contributed by atoms with van der Waals surface area (Å²) in [5, 5.41) is 19.9. The molecule has 1 aromatic rings. The Morgan fingerprint density at radius 2 is 2.12 bits per heavy atom. The zero-order chi connectivity index (χ0) is 13.0. The van der Waals surface area contributed by atoms with Crippen LogP contribution in [0, 0.1) is 24.2 Å². The SMILES string of the molecule is Cc1ccc(C#N)cc1NC(=O)C(C)C(=O)O. The van der Waals surface area contributed by atoms with Gasteiger partial charge in [0.2, 0.25) is 5.91 Å². The fraction of sp³-hybridized carbons (Fsp3) is 0.250. The zero-order valence-electron chi connectivity index (χ0n) is 9.52. The number of carboxylic acids is 1. The third-order valence-corrected chi connectivity index (χ3v) is 2.39. The summed E-state index contributed by atoms with van der Waals surface area (Å²) in [6.45, 7) is 3.07. The van der Waals surface area contributed by atoms with Gasteiger partial charge in [0.05, 0.1) is 11.6 Å². The van der Waals surface area contributed by atoms with E-state index < -0.39 is 17.8 Å². The van der Waals surface area contributed by atoms with Crippen molar-refractivity contribution in [2.24, 2.45) is 5.92 Å². The Bertz CT molecular complexity index is 503. The van der Waals surface area contributed by atoms with Crippen LogP contribution >= 0.6 is 0 Å². The summed E-state index contributed by atoms with van der Waals surface area (Å²) >= 11 is 0. The van der Waals surface area contributed by atoms with Gasteiger partial charge in [0.1, 0.15) is 5.92 Å². The van der Waals surface area contributed by atoms with Crippen molar-refractivity contribution in [3.63, 3.8) is 0 Å². The number of hydrogen-bond acceptors (Lipinski definition) is 3. The molecule has 1 amide bonds. The number of hydrogen-bond donors (Lipinski definition) is 2.